The third kappa shape index (κ3) is 2.54. The minimum Gasteiger partial charge on any atom is -0.197 e. The summed E-state index contributed by atoms with van der Waals surface area (Å²) in [7, 11) is 0. The first-order valence-electron chi connectivity index (χ1n) is 5.88. The zero-order valence-corrected chi connectivity index (χ0v) is 9.93. The summed E-state index contributed by atoms with van der Waals surface area (Å²) in [5, 5.41) is 9.31. The molecule has 0 aliphatic carbocycles. The zero-order chi connectivity index (χ0) is 12.1. The summed E-state index contributed by atoms with van der Waals surface area (Å²) in [5.41, 5.74) is 3.42. The predicted molar refractivity (Wildman–Crippen MR) is 69.7 cm³/mol. The summed E-state index contributed by atoms with van der Waals surface area (Å²) in [6.07, 6.45) is 1.03. The van der Waals surface area contributed by atoms with Crippen molar-refractivity contribution in [1.82, 2.24) is 0 Å². The van der Waals surface area contributed by atoms with E-state index in [2.05, 4.69) is 37.3 Å². The summed E-state index contributed by atoms with van der Waals surface area (Å²) in [5.74, 6) is -0.165. The normalized spacial score (nSPS) is 11.8. The Morgan fingerprint density at radius 1 is 0.941 bits per heavy atom. The third-order valence-corrected chi connectivity index (χ3v) is 2.98. The Balaban J connectivity index is 2.33. The molecule has 0 heterocycles. The van der Waals surface area contributed by atoms with E-state index in [0.717, 1.165) is 17.5 Å². The van der Waals surface area contributed by atoms with E-state index >= 15 is 0 Å². The van der Waals surface area contributed by atoms with E-state index < -0.39 is 0 Å². The summed E-state index contributed by atoms with van der Waals surface area (Å²) in [4.78, 5) is 0. The molecule has 0 aromatic heterocycles. The summed E-state index contributed by atoms with van der Waals surface area (Å²) >= 11 is 0. The van der Waals surface area contributed by atoms with Crippen LogP contribution < -0.4 is 0 Å². The topological polar surface area (TPSA) is 23.8 Å². The van der Waals surface area contributed by atoms with E-state index in [1.807, 2.05) is 30.3 Å². The van der Waals surface area contributed by atoms with E-state index in [1.165, 1.54) is 5.56 Å². The molecule has 2 aromatic rings. The number of hydrogen-bond donors (Lipinski definition) is 0. The average Bonchev–Trinajstić information content (AvgIpc) is 2.42. The molecule has 0 N–H and O–H groups in total. The van der Waals surface area contributed by atoms with Gasteiger partial charge < -0.3 is 0 Å². The van der Waals surface area contributed by atoms with Gasteiger partial charge in [0.15, 0.2) is 0 Å². The Kier molecular flexibility index (Phi) is 3.57. The van der Waals surface area contributed by atoms with Crippen molar-refractivity contribution in [2.45, 2.75) is 19.3 Å². The maximum absolute atomic E-state index is 9.31. The summed E-state index contributed by atoms with van der Waals surface area (Å²) in [6.45, 7) is 2.13. The van der Waals surface area contributed by atoms with Crippen LogP contribution in [0.25, 0.3) is 0 Å². The minimum atomic E-state index is -0.165. The average molecular weight is 221 g/mol. The molecule has 0 radical (unpaired) electrons. The highest BCUT2D eigenvalue weighted by Crippen LogP contribution is 2.23. The number of nitrogens with zero attached hydrogens (tertiary/aromatic N) is 1. The Hall–Kier alpha value is -2.07. The number of aryl methyl sites for hydroxylation is 1. The van der Waals surface area contributed by atoms with Crippen molar-refractivity contribution in [3.63, 3.8) is 0 Å². The monoisotopic (exact) mass is 221 g/mol. The van der Waals surface area contributed by atoms with Crippen LogP contribution in [0.15, 0.2) is 54.6 Å². The smallest absolute Gasteiger partial charge is 0.0962 e. The Bertz CT molecular complexity index is 505. The first-order valence-corrected chi connectivity index (χ1v) is 5.88. The van der Waals surface area contributed by atoms with Gasteiger partial charge in [0.2, 0.25) is 0 Å². The van der Waals surface area contributed by atoms with Crippen molar-refractivity contribution >= 4 is 0 Å². The maximum Gasteiger partial charge on any atom is 0.0962 e. The molecule has 0 spiro atoms. The van der Waals surface area contributed by atoms with E-state index in [0.29, 0.717) is 0 Å². The lowest BCUT2D eigenvalue weighted by molar-refractivity contribution is 1.03. The standard InChI is InChI=1S/C16H15N/c1-2-13-8-10-15(11-9-13)16(12-17)14-6-4-3-5-7-14/h3-11,16H,2H2,1H3. The SMILES string of the molecule is CCc1ccc(C(C#N)c2ccccc2)cc1. The van der Waals surface area contributed by atoms with Gasteiger partial charge in [-0.1, -0.05) is 61.5 Å². The largest absolute Gasteiger partial charge is 0.197 e. The minimum absolute atomic E-state index is 0.165. The van der Waals surface area contributed by atoms with Gasteiger partial charge in [-0.15, -0.1) is 0 Å². The molecule has 1 atom stereocenters. The van der Waals surface area contributed by atoms with Gasteiger partial charge in [0, 0.05) is 0 Å². The van der Waals surface area contributed by atoms with Crippen LogP contribution in [0, 0.1) is 11.3 Å². The van der Waals surface area contributed by atoms with Crippen LogP contribution in [0.5, 0.6) is 0 Å². The Morgan fingerprint density at radius 2 is 1.53 bits per heavy atom. The molecule has 1 nitrogen and oxygen atoms in total. The van der Waals surface area contributed by atoms with Gasteiger partial charge in [-0.05, 0) is 23.1 Å². The first-order chi connectivity index (χ1) is 8.35. The summed E-state index contributed by atoms with van der Waals surface area (Å²) in [6, 6.07) is 20.6. The molecule has 0 saturated carbocycles. The van der Waals surface area contributed by atoms with Crippen LogP contribution in [-0.4, -0.2) is 0 Å². The van der Waals surface area contributed by atoms with E-state index in [1.54, 1.807) is 0 Å². The lowest BCUT2D eigenvalue weighted by Crippen LogP contribution is -1.98. The Labute approximate surface area is 102 Å². The molecule has 0 amide bonds. The molecule has 0 bridgehead atoms. The van der Waals surface area contributed by atoms with Crippen molar-refractivity contribution in [2.75, 3.05) is 0 Å². The summed E-state index contributed by atoms with van der Waals surface area (Å²) < 4.78 is 0. The molecule has 17 heavy (non-hydrogen) atoms. The fraction of sp³-hybridized carbons (Fsp3) is 0.188. The molecular weight excluding hydrogens is 206 g/mol. The van der Waals surface area contributed by atoms with Crippen LogP contribution in [0.4, 0.5) is 0 Å². The van der Waals surface area contributed by atoms with Crippen molar-refractivity contribution < 1.29 is 0 Å². The van der Waals surface area contributed by atoms with Gasteiger partial charge in [-0.2, -0.15) is 5.26 Å². The third-order valence-electron chi connectivity index (χ3n) is 2.98. The second-order valence-electron chi connectivity index (χ2n) is 4.07. The number of benzene rings is 2. The molecule has 2 rings (SSSR count). The Morgan fingerprint density at radius 3 is 2.06 bits per heavy atom. The lowest BCUT2D eigenvalue weighted by Gasteiger charge is -2.10. The first kappa shape index (κ1) is 11.4. The van der Waals surface area contributed by atoms with Gasteiger partial charge in [0.25, 0.3) is 0 Å². The maximum atomic E-state index is 9.31. The van der Waals surface area contributed by atoms with E-state index in [9.17, 15) is 5.26 Å². The van der Waals surface area contributed by atoms with Crippen molar-refractivity contribution in [3.8, 4) is 6.07 Å². The second kappa shape index (κ2) is 5.32. The van der Waals surface area contributed by atoms with Crippen molar-refractivity contribution in [3.05, 3.63) is 71.3 Å². The van der Waals surface area contributed by atoms with Crippen LogP contribution in [-0.2, 0) is 6.42 Å². The highest BCUT2D eigenvalue weighted by molar-refractivity contribution is 5.38. The van der Waals surface area contributed by atoms with Crippen molar-refractivity contribution in [1.29, 1.82) is 5.26 Å². The van der Waals surface area contributed by atoms with Crippen LogP contribution in [0.3, 0.4) is 0 Å². The highest BCUT2D eigenvalue weighted by atomic mass is 14.3. The molecule has 0 aliphatic rings. The molecule has 1 heteroatoms. The van der Waals surface area contributed by atoms with Gasteiger partial charge in [0.1, 0.15) is 0 Å². The molecule has 0 aliphatic heterocycles. The van der Waals surface area contributed by atoms with Gasteiger partial charge >= 0.3 is 0 Å². The molecular formula is C16H15N. The second-order valence-corrected chi connectivity index (χ2v) is 4.07. The van der Waals surface area contributed by atoms with Gasteiger partial charge in [-0.25, -0.2) is 0 Å². The zero-order valence-electron chi connectivity index (χ0n) is 9.93. The molecule has 84 valence electrons. The fourth-order valence-corrected chi connectivity index (χ4v) is 1.93. The van der Waals surface area contributed by atoms with E-state index in [-0.39, 0.29) is 5.92 Å². The van der Waals surface area contributed by atoms with E-state index in [4.69, 9.17) is 0 Å². The number of rotatable bonds is 3. The van der Waals surface area contributed by atoms with Gasteiger partial charge in [0.05, 0.1) is 12.0 Å². The van der Waals surface area contributed by atoms with Crippen LogP contribution in [0.2, 0.25) is 0 Å². The van der Waals surface area contributed by atoms with Crippen LogP contribution >= 0.6 is 0 Å². The molecule has 0 fully saturated rings. The number of hydrogen-bond acceptors (Lipinski definition) is 1. The predicted octanol–water partition coefficient (Wildman–Crippen LogP) is 3.90. The fourth-order valence-electron chi connectivity index (χ4n) is 1.93. The quantitative estimate of drug-likeness (QED) is 0.771. The molecule has 2 aromatic carbocycles. The van der Waals surface area contributed by atoms with Crippen LogP contribution in [0.1, 0.15) is 29.5 Å². The van der Waals surface area contributed by atoms with Gasteiger partial charge in [-0.3, -0.25) is 0 Å². The molecule has 1 unspecified atom stereocenters. The molecule has 0 saturated heterocycles. The van der Waals surface area contributed by atoms with Crippen molar-refractivity contribution in [2.24, 2.45) is 0 Å². The highest BCUT2D eigenvalue weighted by Gasteiger charge is 2.12. The number of nitriles is 1. The lowest BCUT2D eigenvalue weighted by atomic mass is 9.92.